The first kappa shape index (κ1) is 17.5. The summed E-state index contributed by atoms with van der Waals surface area (Å²) in [6.07, 6.45) is 6.54. The van der Waals surface area contributed by atoms with Crippen molar-refractivity contribution in [3.63, 3.8) is 0 Å². The van der Waals surface area contributed by atoms with Crippen LogP contribution in [-0.2, 0) is 12.0 Å². The van der Waals surface area contributed by atoms with Crippen molar-refractivity contribution in [2.24, 2.45) is 0 Å². The van der Waals surface area contributed by atoms with E-state index in [9.17, 15) is 4.79 Å². The van der Waals surface area contributed by atoms with Crippen LogP contribution in [0.1, 0.15) is 37.4 Å². The highest BCUT2D eigenvalue weighted by Crippen LogP contribution is 2.34. The molecule has 1 aromatic carbocycles. The van der Waals surface area contributed by atoms with E-state index < -0.39 is 0 Å². The molecule has 1 fully saturated rings. The van der Waals surface area contributed by atoms with E-state index in [4.69, 9.17) is 0 Å². The van der Waals surface area contributed by atoms with E-state index in [0.717, 1.165) is 43.7 Å². The summed E-state index contributed by atoms with van der Waals surface area (Å²) in [6.45, 7) is 4.31. The van der Waals surface area contributed by atoms with Gasteiger partial charge in [-0.25, -0.2) is 14.3 Å². The number of benzene rings is 1. The first-order valence-corrected chi connectivity index (χ1v) is 9.52. The monoisotopic (exact) mass is 363 g/mol. The Kier molecular flexibility index (Phi) is 4.79. The summed E-state index contributed by atoms with van der Waals surface area (Å²) in [5, 5.41) is 7.31. The van der Waals surface area contributed by atoms with Crippen LogP contribution in [0.2, 0.25) is 0 Å². The Hall–Kier alpha value is -2.89. The summed E-state index contributed by atoms with van der Waals surface area (Å²) in [6, 6.07) is 14.4. The van der Waals surface area contributed by atoms with Crippen molar-refractivity contribution in [2.75, 3.05) is 13.1 Å². The SMILES string of the molecule is CC1(c2ccccc2)CCCN(C(=O)NCc2ccnc3ccnn23)CC1. The molecule has 27 heavy (non-hydrogen) atoms. The molecule has 6 heteroatoms. The lowest BCUT2D eigenvalue weighted by Crippen LogP contribution is -2.40. The Balaban J connectivity index is 1.39. The summed E-state index contributed by atoms with van der Waals surface area (Å²) in [4.78, 5) is 18.9. The Labute approximate surface area is 159 Å². The van der Waals surface area contributed by atoms with Gasteiger partial charge in [-0.3, -0.25) is 0 Å². The van der Waals surface area contributed by atoms with Crippen LogP contribution in [-0.4, -0.2) is 38.6 Å². The zero-order valence-electron chi connectivity index (χ0n) is 15.6. The Bertz CT molecular complexity index is 922. The highest BCUT2D eigenvalue weighted by molar-refractivity contribution is 5.74. The number of aromatic nitrogens is 3. The fourth-order valence-electron chi connectivity index (χ4n) is 3.91. The van der Waals surface area contributed by atoms with Gasteiger partial charge in [0.15, 0.2) is 5.65 Å². The topological polar surface area (TPSA) is 62.5 Å². The van der Waals surface area contributed by atoms with Crippen molar-refractivity contribution in [2.45, 2.75) is 38.1 Å². The van der Waals surface area contributed by atoms with Gasteiger partial charge in [-0.15, -0.1) is 0 Å². The molecule has 3 heterocycles. The lowest BCUT2D eigenvalue weighted by Gasteiger charge is -2.29. The summed E-state index contributed by atoms with van der Waals surface area (Å²) in [5.41, 5.74) is 3.20. The minimum absolute atomic E-state index is 0.00979. The molecule has 4 rings (SSSR count). The van der Waals surface area contributed by atoms with Crippen molar-refractivity contribution < 1.29 is 4.79 Å². The molecule has 1 saturated heterocycles. The van der Waals surface area contributed by atoms with E-state index in [1.807, 2.05) is 17.0 Å². The maximum atomic E-state index is 12.7. The summed E-state index contributed by atoms with van der Waals surface area (Å²) in [7, 11) is 0. The smallest absolute Gasteiger partial charge is 0.317 e. The predicted octanol–water partition coefficient (Wildman–Crippen LogP) is 3.38. The van der Waals surface area contributed by atoms with Gasteiger partial charge in [0.1, 0.15) is 0 Å². The molecule has 0 saturated carbocycles. The molecule has 1 unspecified atom stereocenters. The van der Waals surface area contributed by atoms with Gasteiger partial charge < -0.3 is 10.2 Å². The second kappa shape index (κ2) is 7.39. The Morgan fingerprint density at radius 1 is 1.11 bits per heavy atom. The van der Waals surface area contributed by atoms with Crippen LogP contribution in [0.25, 0.3) is 5.65 Å². The first-order chi connectivity index (χ1) is 13.2. The van der Waals surface area contributed by atoms with Crippen molar-refractivity contribution in [1.82, 2.24) is 24.8 Å². The molecule has 1 atom stereocenters. The molecule has 0 spiro atoms. The van der Waals surface area contributed by atoms with E-state index in [1.54, 1.807) is 16.9 Å². The van der Waals surface area contributed by atoms with Crippen LogP contribution < -0.4 is 5.32 Å². The van der Waals surface area contributed by atoms with E-state index in [2.05, 4.69) is 52.7 Å². The van der Waals surface area contributed by atoms with Crippen LogP contribution in [0.5, 0.6) is 0 Å². The number of carbonyl (C=O) groups is 1. The van der Waals surface area contributed by atoms with Gasteiger partial charge in [-0.2, -0.15) is 5.10 Å². The molecule has 2 amide bonds. The fourth-order valence-corrected chi connectivity index (χ4v) is 3.91. The van der Waals surface area contributed by atoms with Crippen LogP contribution in [0.15, 0.2) is 54.9 Å². The van der Waals surface area contributed by atoms with Gasteiger partial charge in [0.25, 0.3) is 0 Å². The zero-order chi connectivity index (χ0) is 18.7. The van der Waals surface area contributed by atoms with Gasteiger partial charge in [-0.05, 0) is 36.3 Å². The third-order valence-corrected chi connectivity index (χ3v) is 5.64. The fraction of sp³-hybridized carbons (Fsp3) is 0.381. The second-order valence-electron chi connectivity index (χ2n) is 7.46. The van der Waals surface area contributed by atoms with Crippen molar-refractivity contribution in [3.8, 4) is 0 Å². The van der Waals surface area contributed by atoms with Crippen LogP contribution in [0.3, 0.4) is 0 Å². The molecule has 0 bridgehead atoms. The number of urea groups is 1. The molecule has 0 radical (unpaired) electrons. The summed E-state index contributed by atoms with van der Waals surface area (Å²) in [5.74, 6) is 0. The molecule has 1 aliphatic rings. The molecular weight excluding hydrogens is 338 g/mol. The minimum atomic E-state index is -0.00979. The maximum absolute atomic E-state index is 12.7. The van der Waals surface area contributed by atoms with E-state index in [0.29, 0.717) is 6.54 Å². The van der Waals surface area contributed by atoms with E-state index in [1.165, 1.54) is 5.56 Å². The average Bonchev–Trinajstić information content (AvgIpc) is 3.09. The Morgan fingerprint density at radius 2 is 1.96 bits per heavy atom. The quantitative estimate of drug-likeness (QED) is 0.776. The molecule has 2 aromatic heterocycles. The van der Waals surface area contributed by atoms with E-state index >= 15 is 0 Å². The highest BCUT2D eigenvalue weighted by Gasteiger charge is 2.30. The minimum Gasteiger partial charge on any atom is -0.332 e. The normalized spacial score (nSPS) is 20.4. The van der Waals surface area contributed by atoms with Crippen molar-refractivity contribution in [3.05, 3.63) is 66.1 Å². The first-order valence-electron chi connectivity index (χ1n) is 9.52. The molecular formula is C21H25N5O. The highest BCUT2D eigenvalue weighted by atomic mass is 16.2. The summed E-state index contributed by atoms with van der Waals surface area (Å²) < 4.78 is 1.76. The van der Waals surface area contributed by atoms with Crippen LogP contribution in [0.4, 0.5) is 4.79 Å². The third-order valence-electron chi connectivity index (χ3n) is 5.64. The molecule has 3 aromatic rings. The van der Waals surface area contributed by atoms with E-state index in [-0.39, 0.29) is 11.4 Å². The predicted molar refractivity (Wildman–Crippen MR) is 104 cm³/mol. The number of carbonyl (C=O) groups excluding carboxylic acids is 1. The lowest BCUT2D eigenvalue weighted by atomic mass is 9.76. The number of amides is 2. The van der Waals surface area contributed by atoms with Crippen LogP contribution >= 0.6 is 0 Å². The van der Waals surface area contributed by atoms with Crippen molar-refractivity contribution in [1.29, 1.82) is 0 Å². The number of nitrogens with zero attached hydrogens (tertiary/aromatic N) is 4. The lowest BCUT2D eigenvalue weighted by molar-refractivity contribution is 0.198. The largest absolute Gasteiger partial charge is 0.332 e. The molecule has 6 nitrogen and oxygen atoms in total. The van der Waals surface area contributed by atoms with Gasteiger partial charge in [0.05, 0.1) is 18.4 Å². The molecule has 1 N–H and O–H groups in total. The molecule has 140 valence electrons. The summed E-state index contributed by atoms with van der Waals surface area (Å²) >= 11 is 0. The van der Waals surface area contributed by atoms with Gasteiger partial charge in [0, 0.05) is 25.4 Å². The third kappa shape index (κ3) is 3.65. The number of hydrogen-bond donors (Lipinski definition) is 1. The average molecular weight is 363 g/mol. The standard InChI is InChI=1S/C21H25N5O/c1-21(17-6-3-2-4-7-17)10-5-14-25(15-11-21)20(27)23-16-18-8-12-22-19-9-13-24-26(18)19/h2-4,6-9,12-13H,5,10-11,14-16H2,1H3,(H,23,27). The van der Waals surface area contributed by atoms with Gasteiger partial charge in [-0.1, -0.05) is 37.3 Å². The number of fused-ring (bicyclic) bond motifs is 1. The van der Waals surface area contributed by atoms with Crippen LogP contribution in [0, 0.1) is 0 Å². The maximum Gasteiger partial charge on any atom is 0.317 e. The number of hydrogen-bond acceptors (Lipinski definition) is 3. The molecule has 0 aliphatic carbocycles. The number of likely N-dealkylation sites (tertiary alicyclic amines) is 1. The molecule has 1 aliphatic heterocycles. The Morgan fingerprint density at radius 3 is 2.81 bits per heavy atom. The number of nitrogens with one attached hydrogen (secondary N) is 1. The second-order valence-corrected chi connectivity index (χ2v) is 7.46. The van der Waals surface area contributed by atoms with Crippen molar-refractivity contribution >= 4 is 11.7 Å². The van der Waals surface area contributed by atoms with Gasteiger partial charge >= 0.3 is 6.03 Å². The number of rotatable bonds is 3. The zero-order valence-corrected chi connectivity index (χ0v) is 15.6. The van der Waals surface area contributed by atoms with Gasteiger partial charge in [0.2, 0.25) is 0 Å².